The van der Waals surface area contributed by atoms with Gasteiger partial charge in [-0.1, -0.05) is 6.92 Å². The van der Waals surface area contributed by atoms with Crippen molar-refractivity contribution in [3.05, 3.63) is 17.3 Å². The van der Waals surface area contributed by atoms with Crippen LogP contribution in [-0.4, -0.2) is 28.8 Å². The van der Waals surface area contributed by atoms with Crippen LogP contribution in [0.3, 0.4) is 0 Å². The molecule has 1 atom stereocenters. The lowest BCUT2D eigenvalue weighted by molar-refractivity contribution is 0.213. The molecule has 17 heavy (non-hydrogen) atoms. The second-order valence-electron chi connectivity index (χ2n) is 3.86. The molecule has 1 aromatic rings. The average Bonchev–Trinajstić information content (AvgIpc) is 2.63. The molecule has 1 rings (SSSR count). The fourth-order valence-corrected chi connectivity index (χ4v) is 1.28. The summed E-state index contributed by atoms with van der Waals surface area (Å²) in [5.41, 5.74) is 0.823. The van der Waals surface area contributed by atoms with Gasteiger partial charge in [-0.2, -0.15) is 0 Å². The van der Waals surface area contributed by atoms with Gasteiger partial charge in [0.15, 0.2) is 0 Å². The number of aliphatic hydroxyl groups excluding tert-OH is 1. The van der Waals surface area contributed by atoms with Crippen LogP contribution in [0.15, 0.2) is 4.42 Å². The fraction of sp³-hybridized carbons (Fsp3) is 0.636. The van der Waals surface area contributed by atoms with Gasteiger partial charge in [-0.15, -0.1) is 0 Å². The predicted molar refractivity (Wildman–Crippen MR) is 62.5 cm³/mol. The molecule has 6 heteroatoms. The molecule has 0 fully saturated rings. The number of oxazole rings is 1. The summed E-state index contributed by atoms with van der Waals surface area (Å²) in [7, 11) is 0. The van der Waals surface area contributed by atoms with E-state index in [2.05, 4.69) is 15.6 Å². The third-order valence-electron chi connectivity index (χ3n) is 2.52. The van der Waals surface area contributed by atoms with Crippen LogP contribution >= 0.6 is 0 Å². The minimum Gasteiger partial charge on any atom is -0.444 e. The Morgan fingerprint density at radius 3 is 2.71 bits per heavy atom. The Balaban J connectivity index is 2.37. The number of aromatic nitrogens is 1. The molecule has 0 aliphatic carbocycles. The Hall–Kier alpha value is -1.56. The summed E-state index contributed by atoms with van der Waals surface area (Å²) < 4.78 is 5.32. The Bertz CT molecular complexity index is 353. The summed E-state index contributed by atoms with van der Waals surface area (Å²) in [6.45, 7) is 5.73. The summed E-state index contributed by atoms with van der Waals surface area (Å²) in [6, 6.07) is -0.553. The van der Waals surface area contributed by atoms with Gasteiger partial charge in [0, 0.05) is 0 Å². The van der Waals surface area contributed by atoms with Crippen LogP contribution < -0.4 is 10.6 Å². The van der Waals surface area contributed by atoms with Crippen LogP contribution in [-0.2, 0) is 6.54 Å². The molecular formula is C11H19N3O3. The maximum absolute atomic E-state index is 11.4. The molecule has 1 unspecified atom stereocenters. The summed E-state index contributed by atoms with van der Waals surface area (Å²) in [5.74, 6) is 1.23. The van der Waals surface area contributed by atoms with Crippen molar-refractivity contribution in [2.24, 2.45) is 0 Å². The first-order valence-electron chi connectivity index (χ1n) is 5.65. The van der Waals surface area contributed by atoms with Crippen LogP contribution in [0, 0.1) is 13.8 Å². The zero-order valence-corrected chi connectivity index (χ0v) is 10.4. The van der Waals surface area contributed by atoms with E-state index in [1.54, 1.807) is 0 Å². The zero-order valence-electron chi connectivity index (χ0n) is 10.4. The topological polar surface area (TPSA) is 87.4 Å². The number of nitrogens with one attached hydrogen (secondary N) is 2. The van der Waals surface area contributed by atoms with Crippen molar-refractivity contribution < 1.29 is 14.3 Å². The van der Waals surface area contributed by atoms with E-state index >= 15 is 0 Å². The number of rotatable bonds is 5. The molecule has 0 saturated heterocycles. The molecule has 2 amide bonds. The number of nitrogens with zero attached hydrogens (tertiary/aromatic N) is 1. The minimum absolute atomic E-state index is 0.0683. The van der Waals surface area contributed by atoms with E-state index in [-0.39, 0.29) is 25.2 Å². The van der Waals surface area contributed by atoms with E-state index in [0.717, 1.165) is 11.5 Å². The lowest BCUT2D eigenvalue weighted by atomic mass is 10.2. The fourth-order valence-electron chi connectivity index (χ4n) is 1.28. The summed E-state index contributed by atoms with van der Waals surface area (Å²) in [4.78, 5) is 15.6. The molecule has 1 heterocycles. The molecule has 0 aromatic carbocycles. The van der Waals surface area contributed by atoms with Crippen molar-refractivity contribution in [1.29, 1.82) is 0 Å². The highest BCUT2D eigenvalue weighted by atomic mass is 16.4. The van der Waals surface area contributed by atoms with Gasteiger partial charge in [0.05, 0.1) is 24.9 Å². The van der Waals surface area contributed by atoms with Gasteiger partial charge >= 0.3 is 6.03 Å². The van der Waals surface area contributed by atoms with E-state index < -0.39 is 0 Å². The van der Waals surface area contributed by atoms with Crippen LogP contribution in [0.2, 0.25) is 0 Å². The van der Waals surface area contributed by atoms with Crippen molar-refractivity contribution in [1.82, 2.24) is 15.6 Å². The summed E-state index contributed by atoms with van der Waals surface area (Å²) >= 11 is 0. The van der Waals surface area contributed by atoms with Crippen LogP contribution in [0.1, 0.15) is 30.7 Å². The van der Waals surface area contributed by atoms with Gasteiger partial charge in [0.1, 0.15) is 5.76 Å². The molecule has 0 saturated carbocycles. The lowest BCUT2D eigenvalue weighted by Gasteiger charge is -2.13. The average molecular weight is 241 g/mol. The number of aryl methyl sites for hydroxylation is 2. The molecule has 0 spiro atoms. The summed E-state index contributed by atoms with van der Waals surface area (Å²) in [5, 5.41) is 14.2. The normalized spacial score (nSPS) is 12.2. The number of urea groups is 1. The largest absolute Gasteiger partial charge is 0.444 e. The molecule has 0 radical (unpaired) electrons. The van der Waals surface area contributed by atoms with E-state index in [0.29, 0.717) is 12.3 Å². The van der Waals surface area contributed by atoms with Crippen molar-refractivity contribution >= 4 is 6.03 Å². The molecule has 3 N–H and O–H groups in total. The maximum Gasteiger partial charge on any atom is 0.315 e. The highest BCUT2D eigenvalue weighted by Gasteiger charge is 2.10. The van der Waals surface area contributed by atoms with Crippen molar-refractivity contribution in [2.45, 2.75) is 39.8 Å². The predicted octanol–water partition coefficient (Wildman–Crippen LogP) is 0.862. The first-order chi connectivity index (χ1) is 8.06. The van der Waals surface area contributed by atoms with Gasteiger partial charge in [0.2, 0.25) is 5.89 Å². The standard InChI is InChI=1S/C11H19N3O3/c1-4-9(6-15)14-11(16)12-5-10-13-7(2)8(3)17-10/h9,15H,4-6H2,1-3H3,(H2,12,14,16). The van der Waals surface area contributed by atoms with E-state index in [1.165, 1.54) is 0 Å². The SMILES string of the molecule is CCC(CO)NC(=O)NCc1nc(C)c(C)o1. The second-order valence-corrected chi connectivity index (χ2v) is 3.86. The van der Waals surface area contributed by atoms with Gasteiger partial charge in [-0.3, -0.25) is 0 Å². The number of hydrogen-bond donors (Lipinski definition) is 3. The van der Waals surface area contributed by atoms with Crippen LogP contribution in [0.5, 0.6) is 0 Å². The van der Waals surface area contributed by atoms with E-state index in [4.69, 9.17) is 9.52 Å². The Kier molecular flexibility index (Phi) is 4.96. The highest BCUT2D eigenvalue weighted by molar-refractivity contribution is 5.74. The summed E-state index contributed by atoms with van der Waals surface area (Å²) in [6.07, 6.45) is 0.682. The highest BCUT2D eigenvalue weighted by Crippen LogP contribution is 2.07. The molecule has 0 aliphatic heterocycles. The quantitative estimate of drug-likeness (QED) is 0.713. The smallest absolute Gasteiger partial charge is 0.315 e. The van der Waals surface area contributed by atoms with Gasteiger partial charge in [0.25, 0.3) is 0 Å². The third-order valence-corrected chi connectivity index (χ3v) is 2.52. The van der Waals surface area contributed by atoms with Gasteiger partial charge < -0.3 is 20.2 Å². The van der Waals surface area contributed by atoms with Crippen LogP contribution in [0.4, 0.5) is 4.79 Å². The third kappa shape index (κ3) is 4.07. The maximum atomic E-state index is 11.4. The van der Waals surface area contributed by atoms with Gasteiger partial charge in [-0.05, 0) is 20.3 Å². The molecule has 6 nitrogen and oxygen atoms in total. The first kappa shape index (κ1) is 13.5. The van der Waals surface area contributed by atoms with Crippen molar-refractivity contribution in [3.63, 3.8) is 0 Å². The second kappa shape index (κ2) is 6.24. The number of hydrogen-bond acceptors (Lipinski definition) is 4. The van der Waals surface area contributed by atoms with E-state index in [9.17, 15) is 4.79 Å². The number of aliphatic hydroxyl groups is 1. The lowest BCUT2D eigenvalue weighted by Crippen LogP contribution is -2.43. The number of carbonyl (C=O) groups is 1. The number of amides is 2. The zero-order chi connectivity index (χ0) is 12.8. The molecule has 0 bridgehead atoms. The molecule has 96 valence electrons. The molecular weight excluding hydrogens is 222 g/mol. The monoisotopic (exact) mass is 241 g/mol. The Morgan fingerprint density at radius 1 is 1.53 bits per heavy atom. The minimum atomic E-state index is -0.334. The Morgan fingerprint density at radius 2 is 2.24 bits per heavy atom. The first-order valence-corrected chi connectivity index (χ1v) is 5.65. The van der Waals surface area contributed by atoms with Crippen molar-refractivity contribution in [3.8, 4) is 0 Å². The molecule has 1 aromatic heterocycles. The van der Waals surface area contributed by atoms with Gasteiger partial charge in [-0.25, -0.2) is 9.78 Å². The van der Waals surface area contributed by atoms with Crippen LogP contribution in [0.25, 0.3) is 0 Å². The van der Waals surface area contributed by atoms with Crippen molar-refractivity contribution in [2.75, 3.05) is 6.61 Å². The van der Waals surface area contributed by atoms with E-state index in [1.807, 2.05) is 20.8 Å². The Labute approximate surface area is 100 Å². The molecule has 0 aliphatic rings. The number of carbonyl (C=O) groups excluding carboxylic acids is 1.